The van der Waals surface area contributed by atoms with Gasteiger partial charge in [-0.05, 0) is 80.0 Å². The zero-order chi connectivity index (χ0) is 30.5. The van der Waals surface area contributed by atoms with Gasteiger partial charge < -0.3 is 20.3 Å². The average Bonchev–Trinajstić information content (AvgIpc) is 2.97. The van der Waals surface area contributed by atoms with Crippen molar-refractivity contribution in [2.45, 2.75) is 78.6 Å². The third kappa shape index (κ3) is 5.73. The lowest BCUT2D eigenvalue weighted by atomic mass is 9.45. The first-order valence-corrected chi connectivity index (χ1v) is 15.6. The van der Waals surface area contributed by atoms with Crippen molar-refractivity contribution in [3.63, 3.8) is 0 Å². The Kier molecular flexibility index (Phi) is 7.91. The summed E-state index contributed by atoms with van der Waals surface area (Å²) in [5.74, 6) is 3.51. The Labute approximate surface area is 253 Å². The van der Waals surface area contributed by atoms with Crippen LogP contribution in [0.3, 0.4) is 0 Å². The number of piperazine rings is 1. The number of benzene rings is 1. The molecule has 3 saturated carbocycles. The van der Waals surface area contributed by atoms with Crippen LogP contribution in [0, 0.1) is 29.0 Å². The molecule has 43 heavy (non-hydrogen) atoms. The summed E-state index contributed by atoms with van der Waals surface area (Å²) in [6, 6.07) is 9.29. The number of hydrogen-bond acceptors (Lipinski definition) is 6. The number of guanidine groups is 1. The van der Waals surface area contributed by atoms with Crippen LogP contribution >= 0.6 is 0 Å². The fourth-order valence-electron chi connectivity index (χ4n) is 7.63. The van der Waals surface area contributed by atoms with Crippen molar-refractivity contribution >= 4 is 22.8 Å². The largest absolute Gasteiger partial charge is 0.497 e. The summed E-state index contributed by atoms with van der Waals surface area (Å²) in [5.41, 5.74) is 1.09. The first kappa shape index (κ1) is 29.5. The number of nitrogens with one attached hydrogen (secondary N) is 2. The minimum Gasteiger partial charge on any atom is -0.497 e. The third-order valence-corrected chi connectivity index (χ3v) is 10.3. The highest BCUT2D eigenvalue weighted by atomic mass is 19.1. The summed E-state index contributed by atoms with van der Waals surface area (Å²) >= 11 is 0. The van der Waals surface area contributed by atoms with Gasteiger partial charge in [0, 0.05) is 37.8 Å². The predicted octanol–water partition coefficient (Wildman–Crippen LogP) is 4.70. The minimum atomic E-state index is -0.354. The van der Waals surface area contributed by atoms with Crippen LogP contribution in [0.1, 0.15) is 53.0 Å². The molecule has 3 aliphatic carbocycles. The number of fused-ring (bicyclic) bond motifs is 3. The van der Waals surface area contributed by atoms with Gasteiger partial charge in [-0.1, -0.05) is 26.8 Å². The number of ether oxygens (including phenoxy) is 1. The molecule has 2 N–H and O–H groups in total. The molecule has 7 rings (SSSR count). The number of methoxy groups -OCH3 is 1. The topological polar surface area (TPSA) is 96.7 Å². The Balaban J connectivity index is 1.23. The number of anilines is 1. The van der Waals surface area contributed by atoms with Crippen molar-refractivity contribution in [3.05, 3.63) is 58.4 Å². The second-order valence-corrected chi connectivity index (χ2v) is 13.5. The van der Waals surface area contributed by atoms with Gasteiger partial charge in [0.1, 0.15) is 17.4 Å². The molecule has 4 fully saturated rings. The van der Waals surface area contributed by atoms with E-state index in [0.717, 1.165) is 31.4 Å². The molecule has 230 valence electrons. The van der Waals surface area contributed by atoms with Gasteiger partial charge in [0.25, 0.3) is 5.56 Å². The van der Waals surface area contributed by atoms with Crippen LogP contribution < -0.4 is 20.9 Å². The molecule has 0 amide bonds. The summed E-state index contributed by atoms with van der Waals surface area (Å²) in [4.78, 5) is 30.2. The number of pyridine rings is 1. The van der Waals surface area contributed by atoms with Gasteiger partial charge in [0.15, 0.2) is 11.6 Å². The number of nitrogens with zero attached hydrogens (tertiary/aromatic N) is 5. The number of aliphatic imine (C=N–C) groups is 1. The second kappa shape index (κ2) is 11.5. The third-order valence-electron chi connectivity index (χ3n) is 10.3. The summed E-state index contributed by atoms with van der Waals surface area (Å²) in [7, 11) is 1.50. The fourth-order valence-corrected chi connectivity index (χ4v) is 7.63. The Hall–Kier alpha value is -3.53. The van der Waals surface area contributed by atoms with Gasteiger partial charge in [-0.25, -0.2) is 19.4 Å². The van der Waals surface area contributed by atoms with E-state index in [1.54, 1.807) is 18.2 Å². The van der Waals surface area contributed by atoms with Crippen LogP contribution in [-0.2, 0) is 13.0 Å². The van der Waals surface area contributed by atoms with Crippen LogP contribution in [0.2, 0.25) is 0 Å². The number of halogens is 1. The molecular weight excluding hydrogens is 545 g/mol. The predicted molar refractivity (Wildman–Crippen MR) is 168 cm³/mol. The highest BCUT2D eigenvalue weighted by Crippen LogP contribution is 2.61. The monoisotopic (exact) mass is 589 g/mol. The van der Waals surface area contributed by atoms with Gasteiger partial charge in [0.05, 0.1) is 24.9 Å². The van der Waals surface area contributed by atoms with Gasteiger partial charge >= 0.3 is 0 Å². The molecule has 3 aromatic rings. The van der Waals surface area contributed by atoms with Crippen molar-refractivity contribution in [1.29, 1.82) is 0 Å². The van der Waals surface area contributed by atoms with Crippen molar-refractivity contribution < 1.29 is 9.13 Å². The lowest BCUT2D eigenvalue weighted by molar-refractivity contribution is -0.108. The van der Waals surface area contributed by atoms with Crippen LogP contribution in [0.25, 0.3) is 11.0 Å². The molecule has 6 atom stereocenters. The van der Waals surface area contributed by atoms with E-state index in [-0.39, 0.29) is 17.4 Å². The fraction of sp³-hybridized carbons (Fsp3) is 0.576. The number of hydrogen-bond donors (Lipinski definition) is 2. The van der Waals surface area contributed by atoms with Gasteiger partial charge in [0.2, 0.25) is 0 Å². The molecule has 2 aromatic heterocycles. The summed E-state index contributed by atoms with van der Waals surface area (Å²) < 4.78 is 21.0. The molecular formula is C33H44FN7O2. The van der Waals surface area contributed by atoms with E-state index in [2.05, 4.69) is 55.1 Å². The molecule has 1 saturated heterocycles. The Morgan fingerprint density at radius 3 is 2.60 bits per heavy atom. The molecule has 9 nitrogen and oxygen atoms in total. The molecule has 1 aromatic carbocycles. The van der Waals surface area contributed by atoms with Crippen molar-refractivity contribution in [2.75, 3.05) is 25.5 Å². The first-order valence-electron chi connectivity index (χ1n) is 15.6. The summed E-state index contributed by atoms with van der Waals surface area (Å²) in [6.07, 6.45) is 4.28. The standard InChI is InChI=1S/C33H44FN7O2/c1-19-16-41(17-20(2)36-19)32(37-28-14-23-13-26(21(28)3)33(23,4)5)39-29-10-9-25-30(38-29)35-18-40(31(25)42)12-11-22-7-8-24(43-6)15-27(22)34/h7-10,15,18-21,23,26,28,36H,11-14,16-17H2,1-6H3,(H,37,38,39)/t19-,20+,21-,23-,26+,28-/m0/s1. The first-order chi connectivity index (χ1) is 20.5. The maximum absolute atomic E-state index is 14.4. The number of rotatable bonds is 6. The van der Waals surface area contributed by atoms with Gasteiger partial charge in [-0.3, -0.25) is 9.36 Å². The molecule has 4 aliphatic rings. The maximum atomic E-state index is 14.4. The SMILES string of the molecule is COc1ccc(CCn2cnc3nc(NC(=N[C@H]4C[C@@H]5C[C@H]([C@@H]4C)C5(C)C)N4C[C@@H](C)N[C@@H](C)C4)ccc3c2=O)c(F)c1. The van der Waals surface area contributed by atoms with Crippen molar-refractivity contribution in [3.8, 4) is 5.75 Å². The molecule has 0 radical (unpaired) electrons. The van der Waals surface area contributed by atoms with E-state index in [4.69, 9.17) is 14.7 Å². The number of aromatic nitrogens is 3. The van der Waals surface area contributed by atoms with E-state index < -0.39 is 0 Å². The molecule has 0 spiro atoms. The summed E-state index contributed by atoms with van der Waals surface area (Å²) in [6.45, 7) is 13.6. The maximum Gasteiger partial charge on any atom is 0.262 e. The van der Waals surface area contributed by atoms with Crippen LogP contribution in [0.15, 0.2) is 46.4 Å². The molecule has 3 heterocycles. The quantitative estimate of drug-likeness (QED) is 0.318. The Morgan fingerprint density at radius 2 is 1.93 bits per heavy atom. The Morgan fingerprint density at radius 1 is 1.16 bits per heavy atom. The highest BCUT2D eigenvalue weighted by molar-refractivity contribution is 5.94. The van der Waals surface area contributed by atoms with Crippen LogP contribution in [0.5, 0.6) is 5.75 Å². The minimum absolute atomic E-state index is 0.200. The molecule has 0 unspecified atom stereocenters. The van der Waals surface area contributed by atoms with Gasteiger partial charge in [-0.2, -0.15) is 0 Å². The van der Waals surface area contributed by atoms with E-state index >= 15 is 0 Å². The van der Waals surface area contributed by atoms with Crippen molar-refractivity contribution in [2.24, 2.45) is 28.2 Å². The van der Waals surface area contributed by atoms with E-state index in [0.29, 0.717) is 70.5 Å². The number of aryl methyl sites for hydroxylation is 2. The zero-order valence-corrected chi connectivity index (χ0v) is 26.1. The molecule has 1 aliphatic heterocycles. The Bertz CT molecular complexity index is 1580. The summed E-state index contributed by atoms with van der Waals surface area (Å²) in [5, 5.41) is 7.57. The average molecular weight is 590 g/mol. The highest BCUT2D eigenvalue weighted by Gasteiger charge is 2.56. The normalized spacial score (nSPS) is 28.4. The van der Waals surface area contributed by atoms with Crippen LogP contribution in [-0.4, -0.2) is 63.7 Å². The van der Waals surface area contributed by atoms with Crippen LogP contribution in [0.4, 0.5) is 10.2 Å². The van der Waals surface area contributed by atoms with Crippen molar-refractivity contribution in [1.82, 2.24) is 24.8 Å². The zero-order valence-electron chi connectivity index (χ0n) is 26.1. The molecule has 10 heteroatoms. The van der Waals surface area contributed by atoms with E-state index in [1.165, 1.54) is 30.5 Å². The lowest BCUT2D eigenvalue weighted by Crippen LogP contribution is -2.59. The smallest absolute Gasteiger partial charge is 0.262 e. The second-order valence-electron chi connectivity index (χ2n) is 13.5. The van der Waals surface area contributed by atoms with E-state index in [9.17, 15) is 9.18 Å². The molecule has 2 bridgehead atoms. The van der Waals surface area contributed by atoms with Gasteiger partial charge in [-0.15, -0.1) is 0 Å². The van der Waals surface area contributed by atoms with E-state index in [1.807, 2.05) is 6.07 Å². The lowest BCUT2D eigenvalue weighted by Gasteiger charge is -2.61.